The highest BCUT2D eigenvalue weighted by Gasteiger charge is 2.20. The van der Waals surface area contributed by atoms with E-state index in [2.05, 4.69) is 21.8 Å². The van der Waals surface area contributed by atoms with Gasteiger partial charge in [0, 0.05) is 55.5 Å². The molecule has 0 atom stereocenters. The Bertz CT molecular complexity index is 1020. The van der Waals surface area contributed by atoms with Crippen molar-refractivity contribution in [2.45, 2.75) is 39.3 Å². The van der Waals surface area contributed by atoms with E-state index in [1.807, 2.05) is 6.20 Å². The van der Waals surface area contributed by atoms with Crippen LogP contribution in [-0.4, -0.2) is 21.4 Å². The molecule has 6 heteroatoms. The van der Waals surface area contributed by atoms with Crippen molar-refractivity contribution in [1.29, 1.82) is 0 Å². The molecule has 1 aromatic carbocycles. The molecule has 5 nitrogen and oxygen atoms in total. The van der Waals surface area contributed by atoms with Crippen molar-refractivity contribution < 1.29 is 8.81 Å². The highest BCUT2D eigenvalue weighted by molar-refractivity contribution is 5.76. The van der Waals surface area contributed by atoms with E-state index in [9.17, 15) is 9.18 Å². The number of aromatic nitrogens is 2. The van der Waals surface area contributed by atoms with Gasteiger partial charge in [0.1, 0.15) is 17.2 Å². The summed E-state index contributed by atoms with van der Waals surface area (Å²) in [5.74, 6) is 0.464. The van der Waals surface area contributed by atoms with Crippen LogP contribution >= 0.6 is 0 Å². The molecule has 0 saturated carbocycles. The van der Waals surface area contributed by atoms with E-state index in [1.165, 1.54) is 24.5 Å². The number of rotatable bonds is 4. The normalized spacial score (nSPS) is 14.5. The second-order valence-electron chi connectivity index (χ2n) is 6.70. The third-order valence-corrected chi connectivity index (χ3v) is 4.74. The molecule has 0 aliphatic carbocycles. The van der Waals surface area contributed by atoms with Crippen molar-refractivity contribution in [3.05, 3.63) is 69.3 Å². The largest absolute Gasteiger partial charge is 0.464 e. The average Bonchev–Trinajstić information content (AvgIpc) is 2.65. The average molecular weight is 353 g/mol. The first-order valence-corrected chi connectivity index (χ1v) is 8.90. The maximum absolute atomic E-state index is 13.5. The second-order valence-corrected chi connectivity index (χ2v) is 6.70. The highest BCUT2D eigenvalue weighted by Crippen LogP contribution is 2.19. The molecule has 0 amide bonds. The van der Waals surface area contributed by atoms with E-state index in [4.69, 9.17) is 4.42 Å². The van der Waals surface area contributed by atoms with E-state index >= 15 is 0 Å². The number of hydrogen-bond donors (Lipinski definition) is 0. The number of halogens is 1. The first kappa shape index (κ1) is 16.8. The number of fused-ring (bicyclic) bond motifs is 2. The van der Waals surface area contributed by atoms with Crippen LogP contribution in [-0.2, 0) is 25.9 Å². The first-order chi connectivity index (χ1) is 12.6. The summed E-state index contributed by atoms with van der Waals surface area (Å²) < 4.78 is 19.0. The lowest BCUT2D eigenvalue weighted by Gasteiger charge is -2.27. The molecule has 4 rings (SSSR count). The van der Waals surface area contributed by atoms with Crippen LogP contribution in [0.25, 0.3) is 11.0 Å². The van der Waals surface area contributed by atoms with Crippen LogP contribution < -0.4 is 5.43 Å². The molecule has 0 unspecified atom stereocenters. The molecular weight excluding hydrogens is 333 g/mol. The molecule has 0 spiro atoms. The summed E-state index contributed by atoms with van der Waals surface area (Å²) in [6.45, 7) is 4.09. The molecule has 0 saturated heterocycles. The Morgan fingerprint density at radius 3 is 3.08 bits per heavy atom. The molecule has 134 valence electrons. The Balaban J connectivity index is 1.56. The summed E-state index contributed by atoms with van der Waals surface area (Å²) in [6.07, 6.45) is 6.15. The van der Waals surface area contributed by atoms with Crippen LogP contribution in [0, 0.1) is 5.82 Å². The standard InChI is InChI=1S/C20H20FN3O2/c1-2-3-19-22-9-13-10-24(7-6-17(13)23-19)11-14-12-26-18-5-4-15(21)8-16(18)20(14)25/h4-5,8-9,12H,2-3,6-7,10-11H2,1H3. The summed E-state index contributed by atoms with van der Waals surface area (Å²) in [5.41, 5.74) is 2.97. The van der Waals surface area contributed by atoms with E-state index in [0.29, 0.717) is 24.2 Å². The Kier molecular flexibility index (Phi) is 4.51. The minimum absolute atomic E-state index is 0.175. The third-order valence-electron chi connectivity index (χ3n) is 4.74. The lowest BCUT2D eigenvalue weighted by Crippen LogP contribution is -2.32. The SMILES string of the molecule is CCCc1ncc2c(n1)CCN(Cc1coc3ccc(F)cc3c1=O)C2. The maximum atomic E-state index is 13.5. The topological polar surface area (TPSA) is 59.2 Å². The number of benzene rings is 1. The molecule has 2 aromatic heterocycles. The predicted molar refractivity (Wildman–Crippen MR) is 96.3 cm³/mol. The number of hydrogen-bond acceptors (Lipinski definition) is 5. The summed E-state index contributed by atoms with van der Waals surface area (Å²) in [4.78, 5) is 23.9. The molecule has 26 heavy (non-hydrogen) atoms. The van der Waals surface area contributed by atoms with Gasteiger partial charge in [0.05, 0.1) is 11.6 Å². The zero-order valence-electron chi connectivity index (χ0n) is 14.7. The number of nitrogens with zero attached hydrogens (tertiary/aromatic N) is 3. The lowest BCUT2D eigenvalue weighted by molar-refractivity contribution is 0.240. The quantitative estimate of drug-likeness (QED) is 0.721. The van der Waals surface area contributed by atoms with Gasteiger partial charge in [-0.05, 0) is 24.6 Å². The fourth-order valence-corrected chi connectivity index (χ4v) is 3.39. The van der Waals surface area contributed by atoms with Gasteiger partial charge in [-0.3, -0.25) is 9.69 Å². The van der Waals surface area contributed by atoms with Crippen molar-refractivity contribution in [3.8, 4) is 0 Å². The van der Waals surface area contributed by atoms with E-state index in [1.54, 1.807) is 0 Å². The molecule has 0 radical (unpaired) electrons. The fraction of sp³-hybridized carbons (Fsp3) is 0.350. The molecule has 1 aliphatic rings. The van der Waals surface area contributed by atoms with Crippen molar-refractivity contribution in [3.63, 3.8) is 0 Å². The van der Waals surface area contributed by atoms with Gasteiger partial charge < -0.3 is 4.42 Å². The summed E-state index contributed by atoms with van der Waals surface area (Å²) in [6, 6.07) is 4.01. The molecule has 3 heterocycles. The van der Waals surface area contributed by atoms with Crippen LogP contribution in [0.4, 0.5) is 4.39 Å². The Labute approximate surface area is 150 Å². The Morgan fingerprint density at radius 2 is 2.23 bits per heavy atom. The van der Waals surface area contributed by atoms with Gasteiger partial charge in [-0.25, -0.2) is 14.4 Å². The van der Waals surface area contributed by atoms with Crippen molar-refractivity contribution in [2.75, 3.05) is 6.54 Å². The molecule has 0 bridgehead atoms. The van der Waals surface area contributed by atoms with Crippen LogP contribution in [0.2, 0.25) is 0 Å². The summed E-state index contributed by atoms with van der Waals surface area (Å²) in [7, 11) is 0. The van der Waals surface area contributed by atoms with Gasteiger partial charge in [-0.15, -0.1) is 0 Å². The van der Waals surface area contributed by atoms with Gasteiger partial charge in [-0.1, -0.05) is 6.92 Å². The summed E-state index contributed by atoms with van der Waals surface area (Å²) >= 11 is 0. The molecule has 3 aromatic rings. The third kappa shape index (κ3) is 3.24. The van der Waals surface area contributed by atoms with Crippen molar-refractivity contribution >= 4 is 11.0 Å². The smallest absolute Gasteiger partial charge is 0.197 e. The van der Waals surface area contributed by atoms with Crippen molar-refractivity contribution in [2.24, 2.45) is 0 Å². The van der Waals surface area contributed by atoms with E-state index < -0.39 is 5.82 Å². The van der Waals surface area contributed by atoms with E-state index in [-0.39, 0.29) is 10.8 Å². The van der Waals surface area contributed by atoms with Crippen LogP contribution in [0.1, 0.15) is 36.0 Å². The fourth-order valence-electron chi connectivity index (χ4n) is 3.39. The molecule has 0 N–H and O–H groups in total. The highest BCUT2D eigenvalue weighted by atomic mass is 19.1. The second kappa shape index (κ2) is 6.96. The van der Waals surface area contributed by atoms with Gasteiger partial charge in [0.25, 0.3) is 0 Å². The monoisotopic (exact) mass is 353 g/mol. The minimum atomic E-state index is -0.436. The van der Waals surface area contributed by atoms with Gasteiger partial charge in [-0.2, -0.15) is 0 Å². The zero-order valence-corrected chi connectivity index (χ0v) is 14.7. The van der Waals surface area contributed by atoms with Crippen LogP contribution in [0.3, 0.4) is 0 Å². The van der Waals surface area contributed by atoms with Crippen molar-refractivity contribution in [1.82, 2.24) is 14.9 Å². The Morgan fingerprint density at radius 1 is 1.35 bits per heavy atom. The maximum Gasteiger partial charge on any atom is 0.197 e. The molecular formula is C20H20FN3O2. The summed E-state index contributed by atoms with van der Waals surface area (Å²) in [5, 5.41) is 0.285. The number of aryl methyl sites for hydroxylation is 1. The lowest BCUT2D eigenvalue weighted by atomic mass is 10.1. The Hall–Kier alpha value is -2.60. The predicted octanol–water partition coefficient (Wildman–Crippen LogP) is 3.23. The van der Waals surface area contributed by atoms with Crippen LogP contribution in [0.5, 0.6) is 0 Å². The van der Waals surface area contributed by atoms with Crippen LogP contribution in [0.15, 0.2) is 39.9 Å². The molecule has 0 fully saturated rings. The zero-order chi connectivity index (χ0) is 18.1. The van der Waals surface area contributed by atoms with Gasteiger partial charge >= 0.3 is 0 Å². The molecule has 1 aliphatic heterocycles. The van der Waals surface area contributed by atoms with E-state index in [0.717, 1.165) is 42.9 Å². The first-order valence-electron chi connectivity index (χ1n) is 8.90. The minimum Gasteiger partial charge on any atom is -0.464 e. The van der Waals surface area contributed by atoms with Gasteiger partial charge in [0.15, 0.2) is 5.43 Å². The van der Waals surface area contributed by atoms with Gasteiger partial charge in [0.2, 0.25) is 0 Å².